The van der Waals surface area contributed by atoms with E-state index in [1.165, 1.54) is 8.66 Å². The smallest absolute Gasteiger partial charge is 0.0901 e. The molecule has 2 aromatic heterocycles. The summed E-state index contributed by atoms with van der Waals surface area (Å²) in [5.41, 5.74) is 3.33. The molecule has 0 fully saturated rings. The van der Waals surface area contributed by atoms with Crippen LogP contribution >= 0.6 is 38.6 Å². The van der Waals surface area contributed by atoms with E-state index in [-0.39, 0.29) is 0 Å². The lowest BCUT2D eigenvalue weighted by atomic mass is 10.1. The number of nitrogens with one attached hydrogen (secondary N) is 1. The van der Waals surface area contributed by atoms with E-state index in [0.29, 0.717) is 0 Å². The maximum absolute atomic E-state index is 4.53. The fourth-order valence-electron chi connectivity index (χ4n) is 1.92. The zero-order chi connectivity index (χ0) is 13.9. The highest BCUT2D eigenvalue weighted by Gasteiger charge is 2.03. The number of benzene rings is 1. The second-order valence-corrected chi connectivity index (χ2v) is 8.00. The third kappa shape index (κ3) is 3.29. The second-order valence-electron chi connectivity index (χ2n) is 4.39. The van der Waals surface area contributed by atoms with Gasteiger partial charge in [-0.1, -0.05) is 12.1 Å². The van der Waals surface area contributed by atoms with Gasteiger partial charge in [0.2, 0.25) is 0 Å². The molecule has 0 radical (unpaired) electrons. The minimum Gasteiger partial charge on any atom is -0.380 e. The Balaban J connectivity index is 1.74. The Morgan fingerprint density at radius 1 is 1.25 bits per heavy atom. The van der Waals surface area contributed by atoms with Crippen LogP contribution in [0.1, 0.15) is 9.88 Å². The van der Waals surface area contributed by atoms with Gasteiger partial charge >= 0.3 is 0 Å². The van der Waals surface area contributed by atoms with Crippen molar-refractivity contribution in [1.29, 1.82) is 0 Å². The molecule has 0 unspecified atom stereocenters. The zero-order valence-electron chi connectivity index (χ0n) is 10.9. The number of nitrogens with zero attached hydrogens (tertiary/aromatic N) is 1. The summed E-state index contributed by atoms with van der Waals surface area (Å²) in [6, 6.07) is 12.6. The van der Waals surface area contributed by atoms with Crippen molar-refractivity contribution in [3.63, 3.8) is 0 Å². The Bertz CT molecular complexity index is 718. The quantitative estimate of drug-likeness (QED) is 0.655. The van der Waals surface area contributed by atoms with E-state index in [4.69, 9.17) is 0 Å². The molecular weight excluding hydrogens is 352 g/mol. The van der Waals surface area contributed by atoms with E-state index in [1.54, 1.807) is 22.7 Å². The summed E-state index contributed by atoms with van der Waals surface area (Å²) < 4.78 is 1.17. The lowest BCUT2D eigenvalue weighted by Crippen LogP contribution is -1.97. The highest BCUT2D eigenvalue weighted by Crippen LogP contribution is 2.26. The molecule has 102 valence electrons. The SMILES string of the molecule is Cc1nc(-c2cccc(NCc3ccc(Br)s3)c2)cs1. The average molecular weight is 365 g/mol. The van der Waals surface area contributed by atoms with E-state index in [9.17, 15) is 0 Å². The van der Waals surface area contributed by atoms with E-state index in [2.05, 4.69) is 68.0 Å². The average Bonchev–Trinajstić information content (AvgIpc) is 3.06. The molecule has 0 spiro atoms. The van der Waals surface area contributed by atoms with Crippen LogP contribution in [0.5, 0.6) is 0 Å². The van der Waals surface area contributed by atoms with E-state index >= 15 is 0 Å². The van der Waals surface area contributed by atoms with Crippen LogP contribution in [0, 0.1) is 6.92 Å². The molecule has 0 aliphatic carbocycles. The number of aryl methyl sites for hydroxylation is 1. The number of rotatable bonds is 4. The van der Waals surface area contributed by atoms with Crippen molar-refractivity contribution in [3.8, 4) is 11.3 Å². The number of hydrogen-bond donors (Lipinski definition) is 1. The van der Waals surface area contributed by atoms with Crippen LogP contribution in [0.15, 0.2) is 45.6 Å². The normalized spacial score (nSPS) is 10.7. The van der Waals surface area contributed by atoms with Crippen molar-refractivity contribution < 1.29 is 0 Å². The Morgan fingerprint density at radius 2 is 2.15 bits per heavy atom. The van der Waals surface area contributed by atoms with E-state index < -0.39 is 0 Å². The molecule has 0 amide bonds. The van der Waals surface area contributed by atoms with Crippen LogP contribution < -0.4 is 5.32 Å². The summed E-state index contributed by atoms with van der Waals surface area (Å²) in [5, 5.41) is 6.66. The molecule has 0 aliphatic heterocycles. The van der Waals surface area contributed by atoms with Crippen molar-refractivity contribution in [2.75, 3.05) is 5.32 Å². The van der Waals surface area contributed by atoms with Gasteiger partial charge in [0.15, 0.2) is 0 Å². The topological polar surface area (TPSA) is 24.9 Å². The van der Waals surface area contributed by atoms with Gasteiger partial charge in [0, 0.05) is 28.1 Å². The predicted octanol–water partition coefficient (Wildman–Crippen LogP) is 5.55. The zero-order valence-corrected chi connectivity index (χ0v) is 14.1. The highest BCUT2D eigenvalue weighted by atomic mass is 79.9. The van der Waals surface area contributed by atoms with Gasteiger partial charge in [-0.05, 0) is 47.1 Å². The van der Waals surface area contributed by atoms with Crippen molar-refractivity contribution in [2.45, 2.75) is 13.5 Å². The van der Waals surface area contributed by atoms with Crippen molar-refractivity contribution in [2.24, 2.45) is 0 Å². The molecule has 2 heterocycles. The van der Waals surface area contributed by atoms with Gasteiger partial charge in [0.25, 0.3) is 0 Å². The van der Waals surface area contributed by atoms with Crippen LogP contribution in [0.3, 0.4) is 0 Å². The monoisotopic (exact) mass is 364 g/mol. The molecule has 0 bridgehead atoms. The van der Waals surface area contributed by atoms with Crippen LogP contribution in [0.4, 0.5) is 5.69 Å². The van der Waals surface area contributed by atoms with Crippen LogP contribution in [-0.4, -0.2) is 4.98 Å². The second kappa shape index (κ2) is 6.08. The first-order valence-electron chi connectivity index (χ1n) is 6.21. The summed E-state index contributed by atoms with van der Waals surface area (Å²) in [5.74, 6) is 0. The van der Waals surface area contributed by atoms with E-state index in [0.717, 1.165) is 28.5 Å². The summed E-state index contributed by atoms with van der Waals surface area (Å²) in [6.45, 7) is 2.88. The van der Waals surface area contributed by atoms with Gasteiger partial charge in [-0.3, -0.25) is 0 Å². The van der Waals surface area contributed by atoms with Crippen molar-refractivity contribution >= 4 is 44.3 Å². The van der Waals surface area contributed by atoms with Crippen molar-refractivity contribution in [1.82, 2.24) is 4.98 Å². The molecular formula is C15H13BrN2S2. The number of aromatic nitrogens is 1. The number of hydrogen-bond acceptors (Lipinski definition) is 4. The summed E-state index contributed by atoms with van der Waals surface area (Å²) in [4.78, 5) is 5.84. The number of halogens is 1. The van der Waals surface area contributed by atoms with Crippen LogP contribution in [0.2, 0.25) is 0 Å². The molecule has 3 rings (SSSR count). The minimum atomic E-state index is 0.843. The molecule has 0 aliphatic rings. The van der Waals surface area contributed by atoms with Crippen LogP contribution in [-0.2, 0) is 6.54 Å². The van der Waals surface area contributed by atoms with Gasteiger partial charge in [-0.15, -0.1) is 22.7 Å². The highest BCUT2D eigenvalue weighted by molar-refractivity contribution is 9.11. The molecule has 3 aromatic rings. The Hall–Kier alpha value is -1.17. The molecule has 1 aromatic carbocycles. The maximum atomic E-state index is 4.53. The summed E-state index contributed by atoms with van der Waals surface area (Å²) in [7, 11) is 0. The molecule has 0 atom stereocenters. The first kappa shape index (κ1) is 13.8. The lowest BCUT2D eigenvalue weighted by molar-refractivity contribution is 1.19. The van der Waals surface area contributed by atoms with Gasteiger partial charge in [-0.2, -0.15) is 0 Å². The number of thiophene rings is 1. The Kier molecular flexibility index (Phi) is 4.19. The maximum Gasteiger partial charge on any atom is 0.0901 e. The molecule has 5 heteroatoms. The molecule has 0 saturated carbocycles. The van der Waals surface area contributed by atoms with Gasteiger partial charge in [0.1, 0.15) is 0 Å². The third-order valence-corrected chi connectivity index (χ3v) is 5.27. The number of anilines is 1. The first-order chi connectivity index (χ1) is 9.70. The van der Waals surface area contributed by atoms with Gasteiger partial charge < -0.3 is 5.32 Å². The minimum absolute atomic E-state index is 0.843. The van der Waals surface area contributed by atoms with E-state index in [1.807, 2.05) is 6.92 Å². The predicted molar refractivity (Wildman–Crippen MR) is 91.6 cm³/mol. The summed E-state index contributed by atoms with van der Waals surface area (Å²) >= 11 is 6.92. The largest absolute Gasteiger partial charge is 0.380 e. The molecule has 20 heavy (non-hydrogen) atoms. The Morgan fingerprint density at radius 3 is 2.85 bits per heavy atom. The fourth-order valence-corrected chi connectivity index (χ4v) is 3.97. The third-order valence-electron chi connectivity index (χ3n) is 2.87. The van der Waals surface area contributed by atoms with Crippen LogP contribution in [0.25, 0.3) is 11.3 Å². The Labute approximate surface area is 134 Å². The molecule has 0 saturated heterocycles. The first-order valence-corrected chi connectivity index (χ1v) is 8.70. The molecule has 1 N–H and O–H groups in total. The molecule has 2 nitrogen and oxygen atoms in total. The summed E-state index contributed by atoms with van der Waals surface area (Å²) in [6.07, 6.45) is 0. The van der Waals surface area contributed by atoms with Crippen molar-refractivity contribution in [3.05, 3.63) is 55.4 Å². The fraction of sp³-hybridized carbons (Fsp3) is 0.133. The number of thiazole rings is 1. The lowest BCUT2D eigenvalue weighted by Gasteiger charge is -2.06. The van der Waals surface area contributed by atoms with Gasteiger partial charge in [-0.25, -0.2) is 4.98 Å². The van der Waals surface area contributed by atoms with Gasteiger partial charge in [0.05, 0.1) is 14.5 Å². The standard InChI is InChI=1S/C15H13BrN2S2/c1-10-18-14(9-19-10)11-3-2-4-12(7-11)17-8-13-5-6-15(16)20-13/h2-7,9,17H,8H2,1H3.